The summed E-state index contributed by atoms with van der Waals surface area (Å²) in [6, 6.07) is 0. The summed E-state index contributed by atoms with van der Waals surface area (Å²) in [6.45, 7) is 5.06. The van der Waals surface area contributed by atoms with Gasteiger partial charge in [-0.25, -0.2) is 0 Å². The molecule has 0 unspecified atom stereocenters. The minimum absolute atomic E-state index is 0.263. The lowest BCUT2D eigenvalue weighted by Crippen LogP contribution is -2.44. The summed E-state index contributed by atoms with van der Waals surface area (Å²) in [6.07, 6.45) is 2.43. The molecule has 0 bridgehead atoms. The summed E-state index contributed by atoms with van der Waals surface area (Å²) in [5.41, 5.74) is 0. The molecule has 4 heteroatoms. The van der Waals surface area contributed by atoms with Gasteiger partial charge in [-0.1, -0.05) is 0 Å². The average molecular weight is 170 g/mol. The second kappa shape index (κ2) is 4.85. The van der Waals surface area contributed by atoms with Crippen LogP contribution in [0.4, 0.5) is 0 Å². The number of nitrogens with zero attached hydrogens (tertiary/aromatic N) is 1. The third-order valence-corrected chi connectivity index (χ3v) is 2.67. The van der Waals surface area contributed by atoms with E-state index in [1.807, 2.05) is 13.9 Å². The number of rotatable bonds is 3. The minimum Gasteiger partial charge on any atom is -0.437 e. The van der Waals surface area contributed by atoms with Crippen molar-refractivity contribution in [2.75, 3.05) is 26.7 Å². The van der Waals surface area contributed by atoms with Gasteiger partial charge in [-0.2, -0.15) is 0 Å². The van der Waals surface area contributed by atoms with Gasteiger partial charge in [-0.3, -0.25) is 0 Å². The van der Waals surface area contributed by atoms with Crippen LogP contribution in [0, 0.1) is 5.92 Å². The Hall–Kier alpha value is -0.0551. The normalized spacial score (nSPS) is 21.2. The van der Waals surface area contributed by atoms with Crippen LogP contribution in [-0.4, -0.2) is 43.6 Å². The van der Waals surface area contributed by atoms with Crippen molar-refractivity contribution in [3.63, 3.8) is 0 Å². The van der Waals surface area contributed by atoms with Crippen LogP contribution in [0.3, 0.4) is 0 Å². The van der Waals surface area contributed by atoms with Gasteiger partial charge < -0.3 is 15.2 Å². The summed E-state index contributed by atoms with van der Waals surface area (Å²) < 4.78 is 0. The first-order valence-corrected chi connectivity index (χ1v) is 4.80. The van der Waals surface area contributed by atoms with Crippen LogP contribution >= 0.6 is 0 Å². The van der Waals surface area contributed by atoms with Crippen molar-refractivity contribution in [3.05, 3.63) is 0 Å². The largest absolute Gasteiger partial charge is 0.437 e. The predicted octanol–water partition coefficient (Wildman–Crippen LogP) is 0.0281. The van der Waals surface area contributed by atoms with E-state index in [-0.39, 0.29) is 7.05 Å². The zero-order valence-electron chi connectivity index (χ0n) is 8.08. The molecule has 0 atom stereocenters. The molecular weight excluding hydrogens is 151 g/mol. The third-order valence-electron chi connectivity index (χ3n) is 2.67. The van der Waals surface area contributed by atoms with E-state index in [0.29, 0.717) is 0 Å². The molecule has 0 spiro atoms. The van der Waals surface area contributed by atoms with Crippen molar-refractivity contribution < 1.29 is 5.02 Å². The van der Waals surface area contributed by atoms with E-state index in [1.54, 1.807) is 0 Å². The Labute approximate surface area is 75.3 Å². The van der Waals surface area contributed by atoms with Crippen LogP contribution in [0.2, 0.25) is 6.82 Å². The Morgan fingerprint density at radius 1 is 1.50 bits per heavy atom. The first-order chi connectivity index (χ1) is 5.74. The van der Waals surface area contributed by atoms with Crippen molar-refractivity contribution in [2.24, 2.45) is 5.92 Å². The highest BCUT2D eigenvalue weighted by atomic mass is 16.2. The van der Waals surface area contributed by atoms with E-state index in [4.69, 9.17) is 0 Å². The highest BCUT2D eigenvalue weighted by Gasteiger charge is 2.22. The van der Waals surface area contributed by atoms with E-state index < -0.39 is 0 Å². The lowest BCUT2D eigenvalue weighted by Gasteiger charge is -2.32. The Kier molecular flexibility index (Phi) is 4.05. The molecule has 70 valence electrons. The number of piperidine rings is 1. The Morgan fingerprint density at radius 2 is 2.08 bits per heavy atom. The molecule has 12 heavy (non-hydrogen) atoms. The summed E-state index contributed by atoms with van der Waals surface area (Å²) in [7, 11) is 1.74. The molecule has 0 aromatic carbocycles. The molecular formula is C8H19BN2O. The summed E-state index contributed by atoms with van der Waals surface area (Å²) >= 11 is 0. The smallest absolute Gasteiger partial charge is 0.376 e. The van der Waals surface area contributed by atoms with E-state index in [1.165, 1.54) is 12.8 Å². The molecule has 1 rings (SSSR count). The Bertz CT molecular complexity index is 124. The molecule has 1 fully saturated rings. The van der Waals surface area contributed by atoms with Crippen molar-refractivity contribution in [1.29, 1.82) is 0 Å². The SMILES string of the molecule is CNCC1CCN(B(C)O)CC1. The molecule has 1 aliphatic rings. The van der Waals surface area contributed by atoms with E-state index >= 15 is 0 Å². The third kappa shape index (κ3) is 2.77. The Morgan fingerprint density at radius 3 is 2.50 bits per heavy atom. The molecule has 3 nitrogen and oxygen atoms in total. The van der Waals surface area contributed by atoms with Gasteiger partial charge in [0.15, 0.2) is 0 Å². The average Bonchev–Trinajstić information content (AvgIpc) is 2.06. The topological polar surface area (TPSA) is 35.5 Å². The lowest BCUT2D eigenvalue weighted by molar-refractivity contribution is 0.248. The van der Waals surface area contributed by atoms with Crippen LogP contribution in [-0.2, 0) is 0 Å². The number of nitrogens with one attached hydrogen (secondary N) is 1. The van der Waals surface area contributed by atoms with Gasteiger partial charge >= 0.3 is 7.05 Å². The molecule has 0 aliphatic carbocycles. The molecule has 0 radical (unpaired) electrons. The second-order valence-electron chi connectivity index (χ2n) is 3.67. The van der Waals surface area contributed by atoms with Crippen molar-refractivity contribution in [2.45, 2.75) is 19.7 Å². The Balaban J connectivity index is 2.20. The monoisotopic (exact) mass is 170 g/mol. The fourth-order valence-corrected chi connectivity index (χ4v) is 1.82. The summed E-state index contributed by atoms with van der Waals surface area (Å²) in [4.78, 5) is 2.13. The van der Waals surface area contributed by atoms with Gasteiger partial charge in [0, 0.05) is 0 Å². The van der Waals surface area contributed by atoms with Crippen LogP contribution in [0.5, 0.6) is 0 Å². The maximum absolute atomic E-state index is 9.30. The van der Waals surface area contributed by atoms with Gasteiger partial charge in [0.2, 0.25) is 0 Å². The van der Waals surface area contributed by atoms with E-state index in [2.05, 4.69) is 10.1 Å². The van der Waals surface area contributed by atoms with Crippen molar-refractivity contribution in [3.8, 4) is 0 Å². The molecule has 0 aromatic heterocycles. The maximum Gasteiger partial charge on any atom is 0.376 e. The maximum atomic E-state index is 9.30. The molecule has 2 N–H and O–H groups in total. The molecule has 0 aromatic rings. The van der Waals surface area contributed by atoms with Gasteiger partial charge in [0.05, 0.1) is 0 Å². The highest BCUT2D eigenvalue weighted by Crippen LogP contribution is 2.16. The quantitative estimate of drug-likeness (QED) is 0.586. The van der Waals surface area contributed by atoms with E-state index in [0.717, 1.165) is 25.6 Å². The zero-order valence-corrected chi connectivity index (χ0v) is 8.08. The molecule has 0 amide bonds. The fourth-order valence-electron chi connectivity index (χ4n) is 1.82. The van der Waals surface area contributed by atoms with Gasteiger partial charge in [-0.05, 0) is 52.3 Å². The standard InChI is InChI=1S/C8H19BN2O/c1-9(12)11-5-3-8(4-6-11)7-10-2/h8,10,12H,3-7H2,1-2H3. The minimum atomic E-state index is -0.263. The van der Waals surface area contributed by atoms with Crippen LogP contribution < -0.4 is 5.32 Å². The first kappa shape index (κ1) is 10.0. The van der Waals surface area contributed by atoms with Gasteiger partial charge in [0.1, 0.15) is 0 Å². The molecule has 1 heterocycles. The van der Waals surface area contributed by atoms with Crippen LogP contribution in [0.15, 0.2) is 0 Å². The summed E-state index contributed by atoms with van der Waals surface area (Å²) in [5.74, 6) is 0.810. The first-order valence-electron chi connectivity index (χ1n) is 4.80. The summed E-state index contributed by atoms with van der Waals surface area (Å²) in [5, 5.41) is 12.5. The molecule has 1 saturated heterocycles. The number of hydrogen-bond donors (Lipinski definition) is 2. The van der Waals surface area contributed by atoms with Gasteiger partial charge in [0.25, 0.3) is 0 Å². The van der Waals surface area contributed by atoms with Crippen molar-refractivity contribution in [1.82, 2.24) is 10.1 Å². The number of hydrogen-bond acceptors (Lipinski definition) is 3. The van der Waals surface area contributed by atoms with Crippen LogP contribution in [0.1, 0.15) is 12.8 Å². The lowest BCUT2D eigenvalue weighted by atomic mass is 9.81. The van der Waals surface area contributed by atoms with Crippen molar-refractivity contribution >= 4 is 7.05 Å². The highest BCUT2D eigenvalue weighted by molar-refractivity contribution is 6.45. The van der Waals surface area contributed by atoms with E-state index in [9.17, 15) is 5.02 Å². The molecule has 1 aliphatic heterocycles. The molecule has 0 saturated carbocycles. The fraction of sp³-hybridized carbons (Fsp3) is 1.00. The predicted molar refractivity (Wildman–Crippen MR) is 52.1 cm³/mol. The van der Waals surface area contributed by atoms with Gasteiger partial charge in [-0.15, -0.1) is 0 Å². The zero-order chi connectivity index (χ0) is 8.97. The second-order valence-corrected chi connectivity index (χ2v) is 3.67. The van der Waals surface area contributed by atoms with Crippen LogP contribution in [0.25, 0.3) is 0 Å².